The molecule has 0 aliphatic rings. The van der Waals surface area contributed by atoms with Gasteiger partial charge in [0.25, 0.3) is 0 Å². The van der Waals surface area contributed by atoms with E-state index in [4.69, 9.17) is 0 Å². The maximum absolute atomic E-state index is 13.0. The molecule has 0 aliphatic carbocycles. The van der Waals surface area contributed by atoms with Gasteiger partial charge in [-0.3, -0.25) is 9.59 Å². The number of rotatable bonds is 5. The van der Waals surface area contributed by atoms with E-state index >= 15 is 0 Å². The Balaban J connectivity index is 3.22. The molecule has 0 saturated carbocycles. The van der Waals surface area contributed by atoms with Crippen LogP contribution in [-0.4, -0.2) is 32.1 Å². The van der Waals surface area contributed by atoms with E-state index in [2.05, 4.69) is 14.8 Å². The summed E-state index contributed by atoms with van der Waals surface area (Å²) in [7, 11) is 2.29. The standard InChI is InChI=1S/C14H16FNO5/c1-8(17)11(13(18)20-2)12(16-14(19)21-3)9-4-6-10(15)7-5-9/h4-7,11-12H,1-3H3,(H,16,19)/t11?,12-/m0/s1. The van der Waals surface area contributed by atoms with Gasteiger partial charge in [-0.1, -0.05) is 12.1 Å². The van der Waals surface area contributed by atoms with E-state index in [9.17, 15) is 18.8 Å². The molecule has 1 N–H and O–H groups in total. The summed E-state index contributed by atoms with van der Waals surface area (Å²) in [4.78, 5) is 35.0. The molecule has 0 aliphatic heterocycles. The molecule has 6 nitrogen and oxygen atoms in total. The first-order chi connectivity index (χ1) is 9.90. The first-order valence-corrected chi connectivity index (χ1v) is 6.09. The Morgan fingerprint density at radius 1 is 1.10 bits per heavy atom. The van der Waals surface area contributed by atoms with Gasteiger partial charge in [0.05, 0.1) is 20.3 Å². The molecule has 114 valence electrons. The Morgan fingerprint density at radius 2 is 1.67 bits per heavy atom. The molecule has 7 heteroatoms. The highest BCUT2D eigenvalue weighted by Gasteiger charge is 2.35. The molecule has 1 unspecified atom stereocenters. The van der Waals surface area contributed by atoms with Crippen LogP contribution in [0.25, 0.3) is 0 Å². The van der Waals surface area contributed by atoms with E-state index in [0.717, 1.165) is 26.4 Å². The smallest absolute Gasteiger partial charge is 0.407 e. The number of carbonyl (C=O) groups is 3. The van der Waals surface area contributed by atoms with Gasteiger partial charge < -0.3 is 14.8 Å². The second-order valence-corrected chi connectivity index (χ2v) is 4.28. The molecule has 1 rings (SSSR count). The van der Waals surface area contributed by atoms with E-state index < -0.39 is 35.6 Å². The molecular weight excluding hydrogens is 281 g/mol. The highest BCUT2D eigenvalue weighted by molar-refractivity contribution is 5.99. The average Bonchev–Trinajstić information content (AvgIpc) is 2.46. The molecule has 2 atom stereocenters. The fourth-order valence-electron chi connectivity index (χ4n) is 1.88. The third-order valence-electron chi connectivity index (χ3n) is 2.91. The van der Waals surface area contributed by atoms with Gasteiger partial charge in [-0.05, 0) is 24.6 Å². The summed E-state index contributed by atoms with van der Waals surface area (Å²) in [6.45, 7) is 1.21. The normalized spacial score (nSPS) is 13.0. The van der Waals surface area contributed by atoms with Crippen molar-refractivity contribution in [2.45, 2.75) is 13.0 Å². The first kappa shape index (κ1) is 16.6. The van der Waals surface area contributed by atoms with Crippen LogP contribution in [0.5, 0.6) is 0 Å². The number of ketones is 1. The molecule has 0 spiro atoms. The van der Waals surface area contributed by atoms with Gasteiger partial charge in [-0.2, -0.15) is 0 Å². The number of hydrogen-bond acceptors (Lipinski definition) is 5. The van der Waals surface area contributed by atoms with Gasteiger partial charge in [0, 0.05) is 0 Å². The number of alkyl carbamates (subject to hydrolysis) is 1. The fourth-order valence-corrected chi connectivity index (χ4v) is 1.88. The Labute approximate surface area is 121 Å². The van der Waals surface area contributed by atoms with Crippen LogP contribution in [0.3, 0.4) is 0 Å². The second-order valence-electron chi connectivity index (χ2n) is 4.28. The van der Waals surface area contributed by atoms with E-state index in [1.54, 1.807) is 0 Å². The molecule has 0 bridgehead atoms. The van der Waals surface area contributed by atoms with Crippen molar-refractivity contribution in [2.75, 3.05) is 14.2 Å². The summed E-state index contributed by atoms with van der Waals surface area (Å²) in [5.41, 5.74) is 0.382. The predicted octanol–water partition coefficient (Wildman–Crippen LogP) is 1.60. The lowest BCUT2D eigenvalue weighted by Gasteiger charge is -2.24. The number of hydrogen-bond donors (Lipinski definition) is 1. The van der Waals surface area contributed by atoms with E-state index in [0.29, 0.717) is 5.56 Å². The Bertz CT molecular complexity index is 529. The number of methoxy groups -OCH3 is 2. The maximum Gasteiger partial charge on any atom is 0.407 e. The summed E-state index contributed by atoms with van der Waals surface area (Å²) in [6.07, 6.45) is -0.820. The lowest BCUT2D eigenvalue weighted by molar-refractivity contribution is -0.150. The molecule has 1 amide bonds. The minimum absolute atomic E-state index is 0.382. The number of amides is 1. The Hall–Kier alpha value is -2.44. The van der Waals surface area contributed by atoms with E-state index in [1.165, 1.54) is 19.1 Å². The topological polar surface area (TPSA) is 81.7 Å². The minimum atomic E-state index is -1.25. The van der Waals surface area contributed by atoms with Crippen LogP contribution in [0.4, 0.5) is 9.18 Å². The number of Topliss-reactive ketones (excluding diaryl/α,β-unsaturated/α-hetero) is 1. The van der Waals surface area contributed by atoms with Crippen LogP contribution in [0, 0.1) is 11.7 Å². The number of nitrogens with one attached hydrogen (secondary N) is 1. The van der Waals surface area contributed by atoms with Gasteiger partial charge in [0.2, 0.25) is 0 Å². The largest absolute Gasteiger partial charge is 0.468 e. The SMILES string of the molecule is COC(=O)N[C@@H](c1ccc(F)cc1)C(C(C)=O)C(=O)OC. The number of esters is 1. The van der Waals surface area contributed by atoms with Crippen molar-refractivity contribution in [2.24, 2.45) is 5.92 Å². The third kappa shape index (κ3) is 4.27. The van der Waals surface area contributed by atoms with Crippen molar-refractivity contribution >= 4 is 17.8 Å². The summed E-state index contributed by atoms with van der Waals surface area (Å²) in [6, 6.07) is 4.05. The summed E-state index contributed by atoms with van der Waals surface area (Å²) in [5, 5.41) is 2.39. The summed E-state index contributed by atoms with van der Waals surface area (Å²) >= 11 is 0. The van der Waals surface area contributed by atoms with E-state index in [-0.39, 0.29) is 0 Å². The maximum atomic E-state index is 13.0. The van der Waals surface area contributed by atoms with Crippen molar-refractivity contribution < 1.29 is 28.2 Å². The quantitative estimate of drug-likeness (QED) is 0.659. The monoisotopic (exact) mass is 297 g/mol. The fraction of sp³-hybridized carbons (Fsp3) is 0.357. The molecule has 21 heavy (non-hydrogen) atoms. The van der Waals surface area contributed by atoms with Crippen LogP contribution < -0.4 is 5.32 Å². The highest BCUT2D eigenvalue weighted by atomic mass is 19.1. The van der Waals surface area contributed by atoms with Crippen LogP contribution >= 0.6 is 0 Å². The number of benzene rings is 1. The molecule has 0 radical (unpaired) electrons. The van der Waals surface area contributed by atoms with Crippen LogP contribution in [0.15, 0.2) is 24.3 Å². The Kier molecular flexibility index (Phi) is 5.83. The van der Waals surface area contributed by atoms with Crippen molar-refractivity contribution in [3.8, 4) is 0 Å². The third-order valence-corrected chi connectivity index (χ3v) is 2.91. The van der Waals surface area contributed by atoms with Gasteiger partial charge >= 0.3 is 12.1 Å². The molecule has 0 fully saturated rings. The van der Waals surface area contributed by atoms with Crippen LogP contribution in [0.1, 0.15) is 18.5 Å². The van der Waals surface area contributed by atoms with Crippen molar-refractivity contribution in [1.29, 1.82) is 0 Å². The number of ether oxygens (including phenoxy) is 2. The zero-order valence-electron chi connectivity index (χ0n) is 11.9. The van der Waals surface area contributed by atoms with Crippen molar-refractivity contribution in [3.63, 3.8) is 0 Å². The lowest BCUT2D eigenvalue weighted by Crippen LogP contribution is -2.40. The molecule has 0 heterocycles. The second kappa shape index (κ2) is 7.37. The van der Waals surface area contributed by atoms with Gasteiger partial charge in [0.15, 0.2) is 0 Å². The molecule has 0 saturated heterocycles. The lowest BCUT2D eigenvalue weighted by atomic mass is 9.90. The molecule has 0 aromatic heterocycles. The number of carbonyl (C=O) groups excluding carboxylic acids is 3. The summed E-state index contributed by atoms with van der Waals surface area (Å²) < 4.78 is 22.1. The van der Waals surface area contributed by atoms with Gasteiger partial charge in [-0.15, -0.1) is 0 Å². The molecule has 1 aromatic carbocycles. The molecule has 1 aromatic rings. The van der Waals surface area contributed by atoms with Crippen LogP contribution in [-0.2, 0) is 19.1 Å². The zero-order valence-corrected chi connectivity index (χ0v) is 11.9. The first-order valence-electron chi connectivity index (χ1n) is 6.09. The molecular formula is C14H16FNO5. The zero-order chi connectivity index (χ0) is 16.0. The number of halogens is 1. The minimum Gasteiger partial charge on any atom is -0.468 e. The summed E-state index contributed by atoms with van der Waals surface area (Å²) in [5.74, 6) is -3.02. The van der Waals surface area contributed by atoms with Gasteiger partial charge in [0.1, 0.15) is 17.5 Å². The van der Waals surface area contributed by atoms with Crippen LogP contribution in [0.2, 0.25) is 0 Å². The van der Waals surface area contributed by atoms with E-state index in [1.807, 2.05) is 0 Å². The van der Waals surface area contributed by atoms with Gasteiger partial charge in [-0.25, -0.2) is 9.18 Å². The van der Waals surface area contributed by atoms with Crippen molar-refractivity contribution in [3.05, 3.63) is 35.6 Å². The Morgan fingerprint density at radius 3 is 2.10 bits per heavy atom. The van der Waals surface area contributed by atoms with Crippen molar-refractivity contribution in [1.82, 2.24) is 5.32 Å². The average molecular weight is 297 g/mol. The highest BCUT2D eigenvalue weighted by Crippen LogP contribution is 2.25. The predicted molar refractivity (Wildman–Crippen MR) is 70.9 cm³/mol.